The summed E-state index contributed by atoms with van der Waals surface area (Å²) in [6.45, 7) is 2.44. The van der Waals surface area contributed by atoms with Crippen LogP contribution in [0.4, 0.5) is 0 Å². The molecule has 0 saturated carbocycles. The SMILES string of the molecule is CCC(C(=O)O)C1CCc2cc(OCCc3nc(-c4ccccc4)oc3C3=CCCC=C3)ccc21. The number of aliphatic carboxylic acids is 1. The van der Waals surface area contributed by atoms with Gasteiger partial charge in [-0.15, -0.1) is 0 Å². The van der Waals surface area contributed by atoms with E-state index in [2.05, 4.69) is 30.4 Å². The summed E-state index contributed by atoms with van der Waals surface area (Å²) in [5.41, 5.74) is 5.30. The van der Waals surface area contributed by atoms with Gasteiger partial charge in [0.15, 0.2) is 5.76 Å². The zero-order valence-corrected chi connectivity index (χ0v) is 20.1. The number of oxazole rings is 1. The van der Waals surface area contributed by atoms with E-state index in [1.54, 1.807) is 0 Å². The van der Waals surface area contributed by atoms with Gasteiger partial charge in [0.05, 0.1) is 18.2 Å². The van der Waals surface area contributed by atoms with E-state index in [1.807, 2.05) is 43.3 Å². The fraction of sp³-hybridized carbons (Fsp3) is 0.333. The van der Waals surface area contributed by atoms with Crippen molar-refractivity contribution in [2.45, 2.75) is 51.4 Å². The first-order valence-electron chi connectivity index (χ1n) is 12.5. The molecule has 1 N–H and O–H groups in total. The molecule has 1 heterocycles. The number of nitrogens with zero attached hydrogens (tertiary/aromatic N) is 1. The standard InChI is InChI=1S/C30H31NO4/c1-2-24(30(32)33)26-15-13-22-19-23(14-16-25(22)26)34-18-17-27-28(20-9-5-3-6-10-20)35-29(31-27)21-11-7-4-8-12-21/h4-5,7-12,14,16,19,24,26H,2-3,6,13,15,17-18H2,1H3,(H,32,33). The Bertz CT molecular complexity index is 1250. The molecule has 2 aliphatic carbocycles. The Balaban J connectivity index is 1.30. The summed E-state index contributed by atoms with van der Waals surface area (Å²) in [4.78, 5) is 16.5. The van der Waals surface area contributed by atoms with Gasteiger partial charge in [-0.05, 0) is 73.4 Å². The van der Waals surface area contributed by atoms with Crippen LogP contribution < -0.4 is 4.74 Å². The average Bonchev–Trinajstić information content (AvgIpc) is 3.50. The molecule has 180 valence electrons. The van der Waals surface area contributed by atoms with Gasteiger partial charge in [0, 0.05) is 17.6 Å². The topological polar surface area (TPSA) is 72.6 Å². The second-order valence-corrected chi connectivity index (χ2v) is 9.26. The highest BCUT2D eigenvalue weighted by molar-refractivity contribution is 5.74. The van der Waals surface area contributed by atoms with Crippen molar-refractivity contribution in [2.24, 2.45) is 5.92 Å². The van der Waals surface area contributed by atoms with Crippen LogP contribution in [0.15, 0.2) is 71.2 Å². The molecule has 2 atom stereocenters. The maximum absolute atomic E-state index is 11.7. The Hall–Kier alpha value is -3.60. The minimum Gasteiger partial charge on any atom is -0.493 e. The normalized spacial score (nSPS) is 17.6. The lowest BCUT2D eigenvalue weighted by Crippen LogP contribution is -2.19. The van der Waals surface area contributed by atoms with Crippen LogP contribution in [0.1, 0.15) is 61.1 Å². The number of aryl methyl sites for hydroxylation is 1. The number of fused-ring (bicyclic) bond motifs is 1. The molecule has 0 fully saturated rings. The first-order valence-corrected chi connectivity index (χ1v) is 12.5. The summed E-state index contributed by atoms with van der Waals surface area (Å²) in [5, 5.41) is 9.58. The molecule has 5 nitrogen and oxygen atoms in total. The molecule has 1 aromatic heterocycles. The van der Waals surface area contributed by atoms with E-state index in [4.69, 9.17) is 14.1 Å². The number of carboxylic acids is 1. The summed E-state index contributed by atoms with van der Waals surface area (Å²) in [6.07, 6.45) is 11.6. The highest BCUT2D eigenvalue weighted by atomic mass is 16.5. The summed E-state index contributed by atoms with van der Waals surface area (Å²) >= 11 is 0. The molecule has 2 aromatic carbocycles. The number of carboxylic acid groups (broad SMARTS) is 1. The second kappa shape index (κ2) is 10.3. The predicted molar refractivity (Wildman–Crippen MR) is 136 cm³/mol. The number of benzene rings is 2. The van der Waals surface area contributed by atoms with Crippen molar-refractivity contribution in [1.29, 1.82) is 0 Å². The van der Waals surface area contributed by atoms with Gasteiger partial charge >= 0.3 is 5.97 Å². The number of ether oxygens (including phenoxy) is 1. The number of rotatable bonds is 9. The Morgan fingerprint density at radius 3 is 2.80 bits per heavy atom. The minimum absolute atomic E-state index is 0.0902. The van der Waals surface area contributed by atoms with Gasteiger partial charge in [0.1, 0.15) is 5.75 Å². The molecule has 3 aromatic rings. The van der Waals surface area contributed by atoms with Gasteiger partial charge in [-0.1, -0.05) is 49.4 Å². The molecule has 2 unspecified atom stereocenters. The zero-order valence-electron chi connectivity index (χ0n) is 20.1. The second-order valence-electron chi connectivity index (χ2n) is 9.26. The summed E-state index contributed by atoms with van der Waals surface area (Å²) in [6, 6.07) is 16.1. The van der Waals surface area contributed by atoms with E-state index in [0.29, 0.717) is 25.3 Å². The van der Waals surface area contributed by atoms with Gasteiger partial charge < -0.3 is 14.3 Å². The predicted octanol–water partition coefficient (Wildman–Crippen LogP) is 6.84. The summed E-state index contributed by atoms with van der Waals surface area (Å²) < 4.78 is 12.4. The van der Waals surface area contributed by atoms with Crippen molar-refractivity contribution < 1.29 is 19.1 Å². The van der Waals surface area contributed by atoms with Crippen molar-refractivity contribution in [2.75, 3.05) is 6.61 Å². The fourth-order valence-electron chi connectivity index (χ4n) is 5.26. The van der Waals surface area contributed by atoms with Crippen LogP contribution in [-0.4, -0.2) is 22.7 Å². The molecule has 0 aliphatic heterocycles. The van der Waals surface area contributed by atoms with Crippen LogP contribution in [0.3, 0.4) is 0 Å². The highest BCUT2D eigenvalue weighted by Gasteiger charge is 2.33. The molecule has 5 heteroatoms. The Morgan fingerprint density at radius 2 is 2.06 bits per heavy atom. The molecule has 0 radical (unpaired) electrons. The van der Waals surface area contributed by atoms with Crippen LogP contribution in [0.25, 0.3) is 17.0 Å². The number of allylic oxidation sites excluding steroid dienone is 4. The van der Waals surface area contributed by atoms with E-state index < -0.39 is 5.97 Å². The van der Waals surface area contributed by atoms with E-state index in [1.165, 1.54) is 5.56 Å². The molecular weight excluding hydrogens is 438 g/mol. The van der Waals surface area contributed by atoms with Gasteiger partial charge in [-0.3, -0.25) is 4.79 Å². The average molecular weight is 470 g/mol. The monoisotopic (exact) mass is 469 g/mol. The van der Waals surface area contributed by atoms with E-state index in [-0.39, 0.29) is 11.8 Å². The van der Waals surface area contributed by atoms with Crippen molar-refractivity contribution in [3.63, 3.8) is 0 Å². The summed E-state index contributed by atoms with van der Waals surface area (Å²) in [5.74, 6) is 1.33. The van der Waals surface area contributed by atoms with Gasteiger partial charge in [0.2, 0.25) is 5.89 Å². The lowest BCUT2D eigenvalue weighted by atomic mass is 9.85. The maximum Gasteiger partial charge on any atom is 0.307 e. The molecule has 0 bridgehead atoms. The highest BCUT2D eigenvalue weighted by Crippen LogP contribution is 2.41. The Morgan fingerprint density at radius 1 is 1.20 bits per heavy atom. The van der Waals surface area contributed by atoms with Crippen LogP contribution >= 0.6 is 0 Å². The van der Waals surface area contributed by atoms with Crippen molar-refractivity contribution in [3.05, 3.63) is 89.3 Å². The molecular formula is C30H31NO4. The fourth-order valence-corrected chi connectivity index (χ4v) is 5.26. The van der Waals surface area contributed by atoms with Crippen LogP contribution in [0.2, 0.25) is 0 Å². The molecule has 0 spiro atoms. The molecule has 0 amide bonds. The Kier molecular flexibility index (Phi) is 6.84. The first kappa shape index (κ1) is 23.2. The van der Waals surface area contributed by atoms with Gasteiger partial charge in [0.25, 0.3) is 0 Å². The van der Waals surface area contributed by atoms with Crippen LogP contribution in [-0.2, 0) is 17.6 Å². The van der Waals surface area contributed by atoms with Gasteiger partial charge in [-0.2, -0.15) is 0 Å². The number of hydrogen-bond donors (Lipinski definition) is 1. The molecule has 5 rings (SSSR count). The lowest BCUT2D eigenvalue weighted by molar-refractivity contribution is -0.142. The maximum atomic E-state index is 11.7. The van der Waals surface area contributed by atoms with Crippen LogP contribution in [0.5, 0.6) is 5.75 Å². The quantitative estimate of drug-likeness (QED) is 0.371. The summed E-state index contributed by atoms with van der Waals surface area (Å²) in [7, 11) is 0. The number of carbonyl (C=O) groups is 1. The number of aromatic nitrogens is 1. The molecule has 2 aliphatic rings. The smallest absolute Gasteiger partial charge is 0.307 e. The Labute approximate surface area is 206 Å². The molecule has 35 heavy (non-hydrogen) atoms. The first-order chi connectivity index (χ1) is 17.1. The van der Waals surface area contributed by atoms with Crippen molar-refractivity contribution >= 4 is 11.5 Å². The third-order valence-corrected chi connectivity index (χ3v) is 7.06. The third-order valence-electron chi connectivity index (χ3n) is 7.06. The van der Waals surface area contributed by atoms with E-state index >= 15 is 0 Å². The third kappa shape index (κ3) is 4.95. The largest absolute Gasteiger partial charge is 0.493 e. The van der Waals surface area contributed by atoms with Crippen LogP contribution in [0, 0.1) is 5.92 Å². The zero-order chi connectivity index (χ0) is 24.2. The van der Waals surface area contributed by atoms with Crippen molar-refractivity contribution in [1.82, 2.24) is 4.98 Å². The number of hydrogen-bond acceptors (Lipinski definition) is 4. The van der Waals surface area contributed by atoms with Gasteiger partial charge in [-0.25, -0.2) is 4.98 Å². The van der Waals surface area contributed by atoms with E-state index in [0.717, 1.165) is 59.6 Å². The minimum atomic E-state index is -0.702. The van der Waals surface area contributed by atoms with Crippen molar-refractivity contribution in [3.8, 4) is 17.2 Å². The lowest BCUT2D eigenvalue weighted by Gasteiger charge is -2.19. The molecule has 0 saturated heterocycles. The van der Waals surface area contributed by atoms with E-state index in [9.17, 15) is 9.90 Å².